The Labute approximate surface area is 129 Å². The number of ketones is 1. The number of Topliss-reactive ketones (excluding diaryl/α,β-unsaturated/α-hetero) is 1. The van der Waals surface area contributed by atoms with Gasteiger partial charge in [0, 0.05) is 12.1 Å². The van der Waals surface area contributed by atoms with Gasteiger partial charge in [0.1, 0.15) is 0 Å². The van der Waals surface area contributed by atoms with Crippen LogP contribution in [0, 0.1) is 0 Å². The van der Waals surface area contributed by atoms with Gasteiger partial charge in [0.2, 0.25) is 0 Å². The van der Waals surface area contributed by atoms with Crippen LogP contribution in [0.25, 0.3) is 0 Å². The lowest BCUT2D eigenvalue weighted by Gasteiger charge is -2.45. The number of halogens is 1. The van der Waals surface area contributed by atoms with Crippen molar-refractivity contribution in [2.45, 2.75) is 65.1 Å². The van der Waals surface area contributed by atoms with Crippen LogP contribution in [0.1, 0.15) is 64.4 Å². The molecule has 0 saturated heterocycles. The zero-order chi connectivity index (χ0) is 16.6. The first-order valence-electron chi connectivity index (χ1n) is 7.39. The van der Waals surface area contributed by atoms with E-state index in [2.05, 4.69) is 0 Å². The van der Waals surface area contributed by atoms with Crippen molar-refractivity contribution in [3.05, 3.63) is 29.3 Å². The Bertz CT molecular complexity index is 527. The Morgan fingerprint density at radius 3 is 1.90 bits per heavy atom. The van der Waals surface area contributed by atoms with Crippen molar-refractivity contribution in [3.63, 3.8) is 0 Å². The molecule has 118 valence electrons. The van der Waals surface area contributed by atoms with Crippen molar-refractivity contribution >= 4 is 19.4 Å². The van der Waals surface area contributed by atoms with E-state index in [9.17, 15) is 4.79 Å². The van der Waals surface area contributed by atoms with Gasteiger partial charge in [-0.15, -0.1) is 0 Å². The highest BCUT2D eigenvalue weighted by Gasteiger charge is 2.56. The van der Waals surface area contributed by atoms with Crippen LogP contribution in [0.15, 0.2) is 18.2 Å². The fraction of sp³-hybridized carbons (Fsp3) is 0.588. The molecule has 0 amide bonds. The Kier molecular flexibility index (Phi) is 4.86. The van der Waals surface area contributed by atoms with Crippen molar-refractivity contribution < 1.29 is 8.90 Å². The van der Waals surface area contributed by atoms with Crippen LogP contribution in [-0.4, -0.2) is 14.2 Å². The van der Waals surface area contributed by atoms with Gasteiger partial charge >= 0.3 is 0 Å². The molecular formula is C17H28FNOSi. The molecule has 2 N–H and O–H groups in total. The zero-order valence-corrected chi connectivity index (χ0v) is 15.3. The minimum atomic E-state index is -3.36. The van der Waals surface area contributed by atoms with Gasteiger partial charge in [-0.25, -0.2) is 0 Å². The molecule has 1 aromatic rings. The Morgan fingerprint density at radius 1 is 1.10 bits per heavy atom. The van der Waals surface area contributed by atoms with Crippen LogP contribution < -0.4 is 10.9 Å². The van der Waals surface area contributed by atoms with Gasteiger partial charge in [0.05, 0.1) is 0 Å². The minimum absolute atomic E-state index is 0.0503. The molecule has 4 heteroatoms. The molecule has 0 bridgehead atoms. The van der Waals surface area contributed by atoms with E-state index in [1.165, 1.54) is 6.92 Å². The highest BCUT2D eigenvalue weighted by Crippen LogP contribution is 2.51. The third kappa shape index (κ3) is 3.27. The number of rotatable bonds is 3. The van der Waals surface area contributed by atoms with Crippen LogP contribution in [0.2, 0.25) is 10.1 Å². The monoisotopic (exact) mass is 309 g/mol. The van der Waals surface area contributed by atoms with Crippen LogP contribution in [0.4, 0.5) is 4.11 Å². The third-order valence-electron chi connectivity index (χ3n) is 4.10. The molecule has 0 aromatic heterocycles. The first-order chi connectivity index (χ1) is 9.34. The fourth-order valence-corrected chi connectivity index (χ4v) is 7.92. The minimum Gasteiger partial charge on any atom is -0.326 e. The van der Waals surface area contributed by atoms with Crippen molar-refractivity contribution in [1.29, 1.82) is 0 Å². The summed E-state index contributed by atoms with van der Waals surface area (Å²) in [4.78, 5) is 11.7. The van der Waals surface area contributed by atoms with Gasteiger partial charge in [-0.05, 0) is 39.9 Å². The molecule has 0 aliphatic rings. The summed E-state index contributed by atoms with van der Waals surface area (Å²) >= 11 is 0. The number of benzene rings is 1. The van der Waals surface area contributed by atoms with Crippen molar-refractivity contribution in [2.75, 3.05) is 0 Å². The summed E-state index contributed by atoms with van der Waals surface area (Å²) in [5.74, 6) is -0.0503. The summed E-state index contributed by atoms with van der Waals surface area (Å²) in [5.41, 5.74) is 7.10. The van der Waals surface area contributed by atoms with E-state index >= 15 is 4.11 Å². The van der Waals surface area contributed by atoms with Gasteiger partial charge in [0.25, 0.3) is 8.41 Å². The molecule has 0 aliphatic heterocycles. The number of hydrogen-bond donors (Lipinski definition) is 1. The van der Waals surface area contributed by atoms with E-state index in [0.717, 1.165) is 5.56 Å². The predicted octanol–water partition coefficient (Wildman–Crippen LogP) is 4.07. The van der Waals surface area contributed by atoms with Gasteiger partial charge in [-0.3, -0.25) is 4.79 Å². The van der Waals surface area contributed by atoms with Gasteiger partial charge in [-0.1, -0.05) is 47.6 Å². The second-order valence-electron chi connectivity index (χ2n) is 7.84. The standard InChI is InChI=1S/C17H28FNOSi/c1-12(20)14-8-13(11-19)9-15(10-14)21(18,16(2,3)4)17(5,6)7/h8-10H,11,19H2,1-7H3. The smallest absolute Gasteiger partial charge is 0.288 e. The van der Waals surface area contributed by atoms with E-state index in [0.29, 0.717) is 17.3 Å². The predicted molar refractivity (Wildman–Crippen MR) is 90.3 cm³/mol. The largest absolute Gasteiger partial charge is 0.326 e. The quantitative estimate of drug-likeness (QED) is 0.519. The van der Waals surface area contributed by atoms with E-state index in [4.69, 9.17) is 5.73 Å². The van der Waals surface area contributed by atoms with Gasteiger partial charge in [0.15, 0.2) is 5.78 Å². The average Bonchev–Trinajstić information content (AvgIpc) is 2.34. The molecule has 0 heterocycles. The van der Waals surface area contributed by atoms with Gasteiger partial charge < -0.3 is 9.84 Å². The van der Waals surface area contributed by atoms with Crippen LogP contribution in [-0.2, 0) is 6.54 Å². The van der Waals surface area contributed by atoms with E-state index in [-0.39, 0.29) is 5.78 Å². The molecule has 0 unspecified atom stereocenters. The first kappa shape index (κ1) is 18.0. The lowest BCUT2D eigenvalue weighted by molar-refractivity contribution is 0.101. The molecule has 1 aromatic carbocycles. The van der Waals surface area contributed by atoms with Crippen LogP contribution >= 0.6 is 0 Å². The third-order valence-corrected chi connectivity index (χ3v) is 9.32. The Balaban J connectivity index is 3.68. The summed E-state index contributed by atoms with van der Waals surface area (Å²) in [6.07, 6.45) is 0. The highest BCUT2D eigenvalue weighted by molar-refractivity contribution is 6.90. The summed E-state index contributed by atoms with van der Waals surface area (Å²) in [6, 6.07) is 5.37. The van der Waals surface area contributed by atoms with E-state index < -0.39 is 18.5 Å². The topological polar surface area (TPSA) is 43.1 Å². The molecule has 0 atom stereocenters. The van der Waals surface area contributed by atoms with Gasteiger partial charge in [-0.2, -0.15) is 0 Å². The highest BCUT2D eigenvalue weighted by atomic mass is 28.4. The number of carbonyl (C=O) groups excluding carboxylic acids is 1. The normalized spacial score (nSPS) is 13.4. The van der Waals surface area contributed by atoms with E-state index in [1.807, 2.05) is 47.6 Å². The lowest BCUT2D eigenvalue weighted by Crippen LogP contribution is -2.58. The molecule has 2 nitrogen and oxygen atoms in total. The van der Waals surface area contributed by atoms with Crippen molar-refractivity contribution in [3.8, 4) is 0 Å². The molecule has 0 saturated carbocycles. The maximum absolute atomic E-state index is 16.3. The SMILES string of the molecule is CC(=O)c1cc(CN)cc([Si](F)(C(C)(C)C)C(C)(C)C)c1. The maximum atomic E-state index is 16.3. The molecule has 0 aliphatic carbocycles. The lowest BCUT2D eigenvalue weighted by atomic mass is 10.1. The summed E-state index contributed by atoms with van der Waals surface area (Å²) in [7, 11) is -3.36. The first-order valence-corrected chi connectivity index (χ1v) is 9.26. The molecule has 0 fully saturated rings. The molecular weight excluding hydrogens is 281 g/mol. The Morgan fingerprint density at radius 2 is 1.57 bits per heavy atom. The number of carbonyl (C=O) groups is 1. The number of hydrogen-bond acceptors (Lipinski definition) is 2. The van der Waals surface area contributed by atoms with Crippen LogP contribution in [0.5, 0.6) is 0 Å². The second-order valence-corrected chi connectivity index (χ2v) is 12.7. The van der Waals surface area contributed by atoms with Crippen molar-refractivity contribution in [1.82, 2.24) is 0 Å². The molecule has 1 rings (SSSR count). The average molecular weight is 310 g/mol. The maximum Gasteiger partial charge on any atom is 0.288 e. The number of nitrogens with two attached hydrogens (primary N) is 1. The second kappa shape index (κ2) is 5.65. The summed E-state index contributed by atoms with van der Waals surface area (Å²) in [5, 5.41) is -0.255. The zero-order valence-electron chi connectivity index (χ0n) is 14.3. The Hall–Kier alpha value is -1.00. The molecule has 0 spiro atoms. The summed E-state index contributed by atoms with van der Waals surface area (Å²) in [6.45, 7) is 13.5. The van der Waals surface area contributed by atoms with E-state index in [1.54, 1.807) is 12.1 Å². The molecule has 0 radical (unpaired) electrons. The fourth-order valence-electron chi connectivity index (χ4n) is 3.20. The summed E-state index contributed by atoms with van der Waals surface area (Å²) < 4.78 is 16.3. The van der Waals surface area contributed by atoms with Crippen LogP contribution in [0.3, 0.4) is 0 Å². The molecule has 21 heavy (non-hydrogen) atoms. The van der Waals surface area contributed by atoms with Crippen molar-refractivity contribution in [2.24, 2.45) is 5.73 Å².